The van der Waals surface area contributed by atoms with Crippen LogP contribution >= 0.6 is 11.6 Å². The molecular weight excluding hydrogens is 364 g/mol. The van der Waals surface area contributed by atoms with Gasteiger partial charge in [-0.1, -0.05) is 11.6 Å². The smallest absolute Gasteiger partial charge is 0.273 e. The summed E-state index contributed by atoms with van der Waals surface area (Å²) in [7, 11) is 5.80. The zero-order valence-corrected chi connectivity index (χ0v) is 16.5. The number of piperidine rings is 1. The van der Waals surface area contributed by atoms with E-state index in [9.17, 15) is 4.79 Å². The molecule has 2 aromatic heterocycles. The number of carbonyl (C=O) groups excluding carboxylic acids is 1. The van der Waals surface area contributed by atoms with Gasteiger partial charge in [0.15, 0.2) is 0 Å². The molecule has 1 aliphatic rings. The Morgan fingerprint density at radius 1 is 1.44 bits per heavy atom. The summed E-state index contributed by atoms with van der Waals surface area (Å²) in [6.07, 6.45) is 7.45. The molecule has 1 aliphatic heterocycles. The molecule has 0 bridgehead atoms. The number of pyridine rings is 1. The lowest BCUT2D eigenvalue weighted by molar-refractivity contribution is 0.0640. The molecule has 2 aromatic rings. The third-order valence-electron chi connectivity index (χ3n) is 5.10. The molecular formula is C19H23ClN6O. The molecule has 7 nitrogen and oxygen atoms in total. The number of rotatable bonds is 4. The predicted molar refractivity (Wildman–Crippen MR) is 102 cm³/mol. The highest BCUT2D eigenvalue weighted by Crippen LogP contribution is 2.35. The average Bonchev–Trinajstić information content (AvgIpc) is 3.07. The second-order valence-corrected chi connectivity index (χ2v) is 7.53. The lowest BCUT2D eigenvalue weighted by Gasteiger charge is -2.40. The van der Waals surface area contributed by atoms with Crippen LogP contribution in [0.4, 0.5) is 0 Å². The maximum absolute atomic E-state index is 12.8. The van der Waals surface area contributed by atoms with E-state index in [4.69, 9.17) is 16.9 Å². The summed E-state index contributed by atoms with van der Waals surface area (Å²) in [5, 5.41) is 13.4. The number of hydrogen-bond donors (Lipinski definition) is 0. The maximum atomic E-state index is 12.8. The summed E-state index contributed by atoms with van der Waals surface area (Å²) in [5.74, 6) is 0.0571. The van der Waals surface area contributed by atoms with Crippen molar-refractivity contribution >= 4 is 17.5 Å². The van der Waals surface area contributed by atoms with Crippen molar-refractivity contribution in [1.82, 2.24) is 24.6 Å². The van der Waals surface area contributed by atoms with Gasteiger partial charge in [0.05, 0.1) is 16.8 Å². The molecule has 8 heteroatoms. The summed E-state index contributed by atoms with van der Waals surface area (Å²) in [6, 6.07) is 3.66. The molecule has 0 aliphatic carbocycles. The Balaban J connectivity index is 1.78. The standard InChI is InChI=1S/C19H23ClN6O/c1-24-6-4-5-14(18(24)15-10-23-26(3)12-15)11-25(2)19(27)17-16(20)7-13(8-21)9-22-17/h7,9-10,12,14,18H,4-6,11H2,1-3H3/t14-,18+/m0/s1. The molecule has 27 heavy (non-hydrogen) atoms. The van der Waals surface area contributed by atoms with Gasteiger partial charge < -0.3 is 4.90 Å². The van der Waals surface area contributed by atoms with Gasteiger partial charge >= 0.3 is 0 Å². The van der Waals surface area contributed by atoms with Crippen molar-refractivity contribution in [3.8, 4) is 6.07 Å². The topological polar surface area (TPSA) is 78.1 Å². The Morgan fingerprint density at radius 2 is 2.22 bits per heavy atom. The molecule has 0 unspecified atom stereocenters. The second-order valence-electron chi connectivity index (χ2n) is 7.13. The maximum Gasteiger partial charge on any atom is 0.273 e. The van der Waals surface area contributed by atoms with Crippen molar-refractivity contribution in [3.63, 3.8) is 0 Å². The number of halogens is 1. The van der Waals surface area contributed by atoms with E-state index < -0.39 is 0 Å². The first-order valence-electron chi connectivity index (χ1n) is 8.90. The van der Waals surface area contributed by atoms with Gasteiger partial charge in [0.25, 0.3) is 5.91 Å². The zero-order valence-electron chi connectivity index (χ0n) is 15.8. The van der Waals surface area contributed by atoms with E-state index in [0.717, 1.165) is 19.4 Å². The van der Waals surface area contributed by atoms with E-state index in [0.29, 0.717) is 18.0 Å². The third kappa shape index (κ3) is 4.12. The molecule has 1 saturated heterocycles. The first-order valence-corrected chi connectivity index (χ1v) is 9.28. The number of amides is 1. The Hall–Kier alpha value is -2.43. The van der Waals surface area contributed by atoms with Gasteiger partial charge in [-0.2, -0.15) is 10.4 Å². The Labute approximate surface area is 164 Å². The lowest BCUT2D eigenvalue weighted by Crippen LogP contribution is -2.42. The third-order valence-corrected chi connectivity index (χ3v) is 5.39. The summed E-state index contributed by atoms with van der Waals surface area (Å²) >= 11 is 6.16. The highest BCUT2D eigenvalue weighted by Gasteiger charge is 2.33. The minimum absolute atomic E-state index is 0.181. The van der Waals surface area contributed by atoms with E-state index >= 15 is 0 Å². The predicted octanol–water partition coefficient (Wildman–Crippen LogP) is 2.50. The lowest BCUT2D eigenvalue weighted by atomic mass is 9.85. The zero-order chi connectivity index (χ0) is 19.6. The van der Waals surface area contributed by atoms with Crippen LogP contribution in [0.5, 0.6) is 0 Å². The normalized spacial score (nSPS) is 20.3. The van der Waals surface area contributed by atoms with Gasteiger partial charge in [-0.05, 0) is 38.4 Å². The van der Waals surface area contributed by atoms with Crippen molar-refractivity contribution in [2.45, 2.75) is 18.9 Å². The molecule has 2 atom stereocenters. The highest BCUT2D eigenvalue weighted by molar-refractivity contribution is 6.33. The van der Waals surface area contributed by atoms with Crippen LogP contribution in [0, 0.1) is 17.2 Å². The van der Waals surface area contributed by atoms with E-state index in [1.54, 1.807) is 11.9 Å². The largest absolute Gasteiger partial charge is 0.340 e. The van der Waals surface area contributed by atoms with Crippen LogP contribution in [-0.4, -0.2) is 57.7 Å². The van der Waals surface area contributed by atoms with E-state index in [1.807, 2.05) is 30.2 Å². The summed E-state index contributed by atoms with van der Waals surface area (Å²) in [6.45, 7) is 1.62. The van der Waals surface area contributed by atoms with Gasteiger partial charge in [0, 0.05) is 44.6 Å². The van der Waals surface area contributed by atoms with Crippen molar-refractivity contribution in [3.05, 3.63) is 46.5 Å². The molecule has 1 amide bonds. The van der Waals surface area contributed by atoms with Crippen LogP contribution in [0.15, 0.2) is 24.7 Å². The molecule has 142 valence electrons. The number of hydrogen-bond acceptors (Lipinski definition) is 5. The van der Waals surface area contributed by atoms with Crippen LogP contribution in [-0.2, 0) is 7.05 Å². The number of carbonyl (C=O) groups is 1. The number of aryl methyl sites for hydroxylation is 1. The molecule has 0 N–H and O–H groups in total. The van der Waals surface area contributed by atoms with Crippen LogP contribution in [0.2, 0.25) is 5.02 Å². The van der Waals surface area contributed by atoms with Gasteiger partial charge in [-0.25, -0.2) is 4.98 Å². The van der Waals surface area contributed by atoms with Crippen LogP contribution in [0.1, 0.15) is 40.5 Å². The van der Waals surface area contributed by atoms with E-state index in [2.05, 4.69) is 22.0 Å². The fourth-order valence-electron chi connectivity index (χ4n) is 3.84. The van der Waals surface area contributed by atoms with Gasteiger partial charge in [-0.3, -0.25) is 14.4 Å². The molecule has 0 spiro atoms. The van der Waals surface area contributed by atoms with Crippen molar-refractivity contribution in [2.75, 3.05) is 27.2 Å². The number of nitriles is 1. The molecule has 0 saturated carbocycles. The first-order chi connectivity index (χ1) is 12.9. The Kier molecular flexibility index (Phi) is 5.78. The average molecular weight is 387 g/mol. The van der Waals surface area contributed by atoms with Crippen molar-refractivity contribution in [1.29, 1.82) is 5.26 Å². The van der Waals surface area contributed by atoms with Gasteiger partial charge in [0.1, 0.15) is 11.8 Å². The number of nitrogens with zero attached hydrogens (tertiary/aromatic N) is 6. The minimum Gasteiger partial charge on any atom is -0.340 e. The fourth-order valence-corrected chi connectivity index (χ4v) is 4.09. The quantitative estimate of drug-likeness (QED) is 0.806. The first kappa shape index (κ1) is 19.3. The van der Waals surface area contributed by atoms with Crippen LogP contribution in [0.3, 0.4) is 0 Å². The van der Waals surface area contributed by atoms with Crippen molar-refractivity contribution < 1.29 is 4.79 Å². The summed E-state index contributed by atoms with van der Waals surface area (Å²) in [4.78, 5) is 20.9. The molecule has 3 rings (SSSR count). The monoisotopic (exact) mass is 386 g/mol. The van der Waals surface area contributed by atoms with Crippen LogP contribution in [0.25, 0.3) is 0 Å². The second kappa shape index (κ2) is 8.07. The van der Waals surface area contributed by atoms with Gasteiger partial charge in [0.2, 0.25) is 0 Å². The molecule has 1 fully saturated rings. The Morgan fingerprint density at radius 3 is 2.85 bits per heavy atom. The summed E-state index contributed by atoms with van der Waals surface area (Å²) < 4.78 is 1.81. The summed E-state index contributed by atoms with van der Waals surface area (Å²) in [5.41, 5.74) is 1.69. The highest BCUT2D eigenvalue weighted by atomic mass is 35.5. The minimum atomic E-state index is -0.234. The fraction of sp³-hybridized carbons (Fsp3) is 0.474. The van der Waals surface area contributed by atoms with Crippen LogP contribution < -0.4 is 0 Å². The van der Waals surface area contributed by atoms with Crippen molar-refractivity contribution in [2.24, 2.45) is 13.0 Å². The van der Waals surface area contributed by atoms with E-state index in [1.165, 1.54) is 17.8 Å². The number of aromatic nitrogens is 3. The SMILES string of the molecule is CN(C[C@@H]1CCCN(C)[C@H]1c1cnn(C)c1)C(=O)c1ncc(C#N)cc1Cl. The molecule has 0 radical (unpaired) electrons. The molecule has 3 heterocycles. The van der Waals surface area contributed by atoms with E-state index in [-0.39, 0.29) is 22.7 Å². The number of likely N-dealkylation sites (tertiary alicyclic amines) is 1. The molecule has 0 aromatic carbocycles. The van der Waals surface area contributed by atoms with Gasteiger partial charge in [-0.15, -0.1) is 0 Å². The Bertz CT molecular complexity index is 873.